The van der Waals surface area contributed by atoms with Gasteiger partial charge in [0, 0.05) is 6.20 Å². The molecule has 0 fully saturated rings. The second-order valence-electron chi connectivity index (χ2n) is 1.97. The zero-order valence-corrected chi connectivity index (χ0v) is 4.91. The molecule has 3 heteroatoms. The summed E-state index contributed by atoms with van der Waals surface area (Å²) in [5.41, 5.74) is 1.21. The Morgan fingerprint density at radius 1 is 1.67 bits per heavy atom. The van der Waals surface area contributed by atoms with Crippen molar-refractivity contribution in [3.05, 3.63) is 24.0 Å². The standard InChI is InChI=1S/C6H7N3/c1-2-6-4-7-5-8-9(6)3-1/h1-3,5H,4H2,(H,7,8). The molecule has 0 atom stereocenters. The Balaban J connectivity index is 2.53. The van der Waals surface area contributed by atoms with Crippen LogP contribution in [0.15, 0.2) is 23.4 Å². The summed E-state index contributed by atoms with van der Waals surface area (Å²) in [4.78, 5) is 0. The molecule has 0 saturated carbocycles. The number of nitrogens with one attached hydrogen (secondary N) is 1. The molecule has 2 rings (SSSR count). The summed E-state index contributed by atoms with van der Waals surface area (Å²) in [5, 5.41) is 7.05. The van der Waals surface area contributed by atoms with E-state index in [1.807, 2.05) is 23.0 Å². The fourth-order valence-corrected chi connectivity index (χ4v) is 0.914. The van der Waals surface area contributed by atoms with Gasteiger partial charge in [0.05, 0.1) is 12.2 Å². The van der Waals surface area contributed by atoms with Crippen LogP contribution in [-0.4, -0.2) is 11.0 Å². The summed E-state index contributed by atoms with van der Waals surface area (Å²) in [6.07, 6.45) is 3.64. The smallest absolute Gasteiger partial charge is 0.110 e. The van der Waals surface area contributed by atoms with Gasteiger partial charge in [0.2, 0.25) is 0 Å². The highest BCUT2D eigenvalue weighted by molar-refractivity contribution is 5.55. The lowest BCUT2D eigenvalue weighted by Crippen LogP contribution is -2.18. The lowest BCUT2D eigenvalue weighted by molar-refractivity contribution is 0.726. The van der Waals surface area contributed by atoms with Gasteiger partial charge in [-0.3, -0.25) is 0 Å². The molecular formula is C6H7N3. The van der Waals surface area contributed by atoms with Crippen LogP contribution in [0.3, 0.4) is 0 Å². The van der Waals surface area contributed by atoms with Crippen LogP contribution in [0.4, 0.5) is 0 Å². The third kappa shape index (κ3) is 0.614. The van der Waals surface area contributed by atoms with Crippen LogP contribution in [0.25, 0.3) is 0 Å². The average Bonchev–Trinajstić information content (AvgIpc) is 2.33. The molecule has 1 aliphatic rings. The Morgan fingerprint density at radius 2 is 2.67 bits per heavy atom. The van der Waals surface area contributed by atoms with Crippen molar-refractivity contribution in [1.82, 2.24) is 9.99 Å². The molecule has 1 aromatic rings. The first-order chi connectivity index (χ1) is 4.47. The summed E-state index contributed by atoms with van der Waals surface area (Å²) < 4.78 is 1.86. The summed E-state index contributed by atoms with van der Waals surface area (Å²) in [5.74, 6) is 0. The maximum Gasteiger partial charge on any atom is 0.110 e. The normalized spacial score (nSPS) is 14.7. The van der Waals surface area contributed by atoms with E-state index in [1.54, 1.807) is 6.34 Å². The minimum Gasteiger partial charge on any atom is -0.369 e. The Labute approximate surface area is 53.0 Å². The van der Waals surface area contributed by atoms with Gasteiger partial charge in [0.25, 0.3) is 0 Å². The molecule has 0 unspecified atom stereocenters. The van der Waals surface area contributed by atoms with Crippen molar-refractivity contribution in [3.63, 3.8) is 0 Å². The van der Waals surface area contributed by atoms with Crippen molar-refractivity contribution in [1.29, 1.82) is 0 Å². The molecule has 1 aliphatic heterocycles. The van der Waals surface area contributed by atoms with Gasteiger partial charge in [0.15, 0.2) is 0 Å². The van der Waals surface area contributed by atoms with E-state index in [-0.39, 0.29) is 0 Å². The third-order valence-corrected chi connectivity index (χ3v) is 1.37. The van der Waals surface area contributed by atoms with Crippen LogP contribution in [-0.2, 0) is 6.54 Å². The number of rotatable bonds is 0. The number of aromatic nitrogens is 1. The van der Waals surface area contributed by atoms with Gasteiger partial charge in [-0.05, 0) is 12.1 Å². The van der Waals surface area contributed by atoms with E-state index in [0.29, 0.717) is 0 Å². The average molecular weight is 121 g/mol. The van der Waals surface area contributed by atoms with Crippen molar-refractivity contribution in [2.24, 2.45) is 5.10 Å². The van der Waals surface area contributed by atoms with Gasteiger partial charge >= 0.3 is 0 Å². The third-order valence-electron chi connectivity index (χ3n) is 1.37. The van der Waals surface area contributed by atoms with Gasteiger partial charge < -0.3 is 5.32 Å². The summed E-state index contributed by atoms with van der Waals surface area (Å²) in [6.45, 7) is 0.885. The summed E-state index contributed by atoms with van der Waals surface area (Å²) in [7, 11) is 0. The van der Waals surface area contributed by atoms with E-state index < -0.39 is 0 Å². The van der Waals surface area contributed by atoms with Gasteiger partial charge in [-0.25, -0.2) is 4.68 Å². The fraction of sp³-hybridized carbons (Fsp3) is 0.167. The predicted molar refractivity (Wildman–Crippen MR) is 35.2 cm³/mol. The molecule has 0 saturated heterocycles. The van der Waals surface area contributed by atoms with Crippen LogP contribution in [0.5, 0.6) is 0 Å². The highest BCUT2D eigenvalue weighted by atomic mass is 15.4. The van der Waals surface area contributed by atoms with Crippen molar-refractivity contribution >= 4 is 6.34 Å². The van der Waals surface area contributed by atoms with E-state index in [2.05, 4.69) is 10.4 Å². The highest BCUT2D eigenvalue weighted by Crippen LogP contribution is 2.02. The lowest BCUT2D eigenvalue weighted by Gasteiger charge is -2.07. The zero-order chi connectivity index (χ0) is 6.10. The SMILES string of the molecule is C1=Nn2cccc2CN1. The van der Waals surface area contributed by atoms with Crippen LogP contribution in [0, 0.1) is 0 Å². The van der Waals surface area contributed by atoms with Crippen LogP contribution >= 0.6 is 0 Å². The Morgan fingerprint density at radius 3 is 3.56 bits per heavy atom. The molecular weight excluding hydrogens is 114 g/mol. The lowest BCUT2D eigenvalue weighted by atomic mass is 10.4. The van der Waals surface area contributed by atoms with Gasteiger partial charge in [-0.15, -0.1) is 0 Å². The summed E-state index contributed by atoms with van der Waals surface area (Å²) in [6, 6.07) is 4.03. The van der Waals surface area contributed by atoms with Crippen LogP contribution < -0.4 is 5.32 Å². The molecule has 1 aromatic heterocycles. The Bertz CT molecular complexity index is 236. The number of nitrogens with zero attached hydrogens (tertiary/aromatic N) is 2. The first-order valence-corrected chi connectivity index (χ1v) is 2.89. The van der Waals surface area contributed by atoms with Crippen molar-refractivity contribution in [3.8, 4) is 0 Å². The molecule has 0 aliphatic carbocycles. The number of hydrogen-bond acceptors (Lipinski definition) is 2. The molecule has 9 heavy (non-hydrogen) atoms. The second-order valence-corrected chi connectivity index (χ2v) is 1.97. The molecule has 0 spiro atoms. The monoisotopic (exact) mass is 121 g/mol. The van der Waals surface area contributed by atoms with Crippen LogP contribution in [0.1, 0.15) is 5.69 Å². The van der Waals surface area contributed by atoms with Crippen molar-refractivity contribution < 1.29 is 0 Å². The van der Waals surface area contributed by atoms with Crippen molar-refractivity contribution in [2.75, 3.05) is 0 Å². The molecule has 1 N–H and O–H groups in total. The zero-order valence-electron chi connectivity index (χ0n) is 4.91. The molecule has 46 valence electrons. The Kier molecular flexibility index (Phi) is 0.828. The first-order valence-electron chi connectivity index (χ1n) is 2.89. The van der Waals surface area contributed by atoms with E-state index >= 15 is 0 Å². The number of hydrogen-bond donors (Lipinski definition) is 1. The van der Waals surface area contributed by atoms with Gasteiger partial charge in [0.1, 0.15) is 6.34 Å². The summed E-state index contributed by atoms with van der Waals surface area (Å²) >= 11 is 0. The van der Waals surface area contributed by atoms with Crippen LogP contribution in [0.2, 0.25) is 0 Å². The molecule has 0 bridgehead atoms. The first kappa shape index (κ1) is 4.61. The second kappa shape index (κ2) is 1.62. The fourth-order valence-electron chi connectivity index (χ4n) is 0.914. The van der Waals surface area contributed by atoms with E-state index in [1.165, 1.54) is 5.69 Å². The van der Waals surface area contributed by atoms with Gasteiger partial charge in [-0.1, -0.05) is 0 Å². The molecule has 0 aromatic carbocycles. The molecule has 2 heterocycles. The molecule has 0 amide bonds. The number of fused-ring (bicyclic) bond motifs is 1. The largest absolute Gasteiger partial charge is 0.369 e. The van der Waals surface area contributed by atoms with Crippen molar-refractivity contribution in [2.45, 2.75) is 6.54 Å². The minimum absolute atomic E-state index is 0.885. The molecule has 3 nitrogen and oxygen atoms in total. The topological polar surface area (TPSA) is 29.3 Å². The van der Waals surface area contributed by atoms with E-state index in [0.717, 1.165) is 6.54 Å². The highest BCUT2D eigenvalue weighted by Gasteiger charge is 1.99. The van der Waals surface area contributed by atoms with E-state index in [9.17, 15) is 0 Å². The van der Waals surface area contributed by atoms with E-state index in [4.69, 9.17) is 0 Å². The maximum absolute atomic E-state index is 4.03. The van der Waals surface area contributed by atoms with Gasteiger partial charge in [-0.2, -0.15) is 5.10 Å². The minimum atomic E-state index is 0.885. The predicted octanol–water partition coefficient (Wildman–Crippen LogP) is 0.383. The Hall–Kier alpha value is -1.25. The maximum atomic E-state index is 4.03. The molecule has 0 radical (unpaired) electrons. The quantitative estimate of drug-likeness (QED) is 0.528.